The van der Waals surface area contributed by atoms with Gasteiger partial charge in [-0.25, -0.2) is 4.57 Å². The fourth-order valence-electron chi connectivity index (χ4n) is 4.85. The molecule has 0 aromatic heterocycles. The fraction of sp³-hybridized carbons (Fsp3) is 0.614. The van der Waals surface area contributed by atoms with Crippen molar-refractivity contribution in [2.75, 3.05) is 40.9 Å². The summed E-state index contributed by atoms with van der Waals surface area (Å²) in [6.45, 7) is 4.56. The maximum Gasteiger partial charge on any atom is 0.472 e. The minimum atomic E-state index is -4.35. The summed E-state index contributed by atoms with van der Waals surface area (Å²) < 4.78 is 23.4. The Kier molecular flexibility index (Phi) is 33.4. The number of aliphatic hydroxyl groups is 1. The number of nitrogens with one attached hydrogen (secondary N) is 1. The molecule has 0 spiro atoms. The van der Waals surface area contributed by atoms with Gasteiger partial charge in [0.1, 0.15) is 13.2 Å². The number of carbonyl (C=O) groups excluding carboxylic acids is 1. The molecule has 0 heterocycles. The number of phosphoric ester groups is 1. The van der Waals surface area contributed by atoms with Gasteiger partial charge in [-0.3, -0.25) is 13.8 Å². The lowest BCUT2D eigenvalue weighted by Crippen LogP contribution is -2.45. The number of carbonyl (C=O) groups is 1. The summed E-state index contributed by atoms with van der Waals surface area (Å²) in [5.41, 5.74) is 0. The number of aliphatic hydroxyl groups excluding tert-OH is 1. The van der Waals surface area contributed by atoms with Crippen molar-refractivity contribution in [1.82, 2.24) is 5.32 Å². The Morgan fingerprint density at radius 2 is 1.13 bits per heavy atom. The second-order valence-electron chi connectivity index (χ2n) is 14.3. The predicted molar refractivity (Wildman–Crippen MR) is 226 cm³/mol. The van der Waals surface area contributed by atoms with Gasteiger partial charge in [0.2, 0.25) is 5.91 Å². The van der Waals surface area contributed by atoms with Gasteiger partial charge in [0, 0.05) is 6.42 Å². The van der Waals surface area contributed by atoms with Crippen molar-refractivity contribution in [3.63, 3.8) is 0 Å². The Morgan fingerprint density at radius 3 is 1.64 bits per heavy atom. The van der Waals surface area contributed by atoms with Gasteiger partial charge < -0.3 is 19.8 Å². The summed E-state index contributed by atoms with van der Waals surface area (Å²) in [4.78, 5) is 22.9. The van der Waals surface area contributed by atoms with Crippen LogP contribution in [0.25, 0.3) is 0 Å². The van der Waals surface area contributed by atoms with Crippen LogP contribution in [-0.4, -0.2) is 73.4 Å². The molecular weight excluding hydrogens is 683 g/mol. The number of nitrogens with zero attached hydrogens (tertiary/aromatic N) is 1. The summed E-state index contributed by atoms with van der Waals surface area (Å²) in [6, 6.07) is -0.880. The van der Waals surface area contributed by atoms with E-state index in [0.717, 1.165) is 70.6 Å². The molecule has 3 N–H and O–H groups in total. The van der Waals surface area contributed by atoms with E-state index in [-0.39, 0.29) is 25.5 Å². The van der Waals surface area contributed by atoms with Crippen LogP contribution in [0.4, 0.5) is 0 Å². The van der Waals surface area contributed by atoms with E-state index in [2.05, 4.69) is 104 Å². The van der Waals surface area contributed by atoms with Crippen LogP contribution in [0.1, 0.15) is 123 Å². The van der Waals surface area contributed by atoms with E-state index in [1.54, 1.807) is 6.08 Å². The number of likely N-dealkylation sites (N-methyl/N-ethyl adjacent to an activating group) is 1. The molecule has 53 heavy (non-hydrogen) atoms. The van der Waals surface area contributed by atoms with Crippen LogP contribution in [0.5, 0.6) is 0 Å². The Hall–Kier alpha value is -2.58. The number of rotatable bonds is 34. The molecule has 8 nitrogen and oxygen atoms in total. The zero-order chi connectivity index (χ0) is 39.3. The first-order chi connectivity index (χ1) is 25.5. The molecule has 3 atom stereocenters. The van der Waals surface area contributed by atoms with Gasteiger partial charge in [0.25, 0.3) is 0 Å². The first kappa shape index (κ1) is 50.4. The van der Waals surface area contributed by atoms with Crippen LogP contribution in [0, 0.1) is 0 Å². The number of quaternary nitrogens is 1. The van der Waals surface area contributed by atoms with Crippen molar-refractivity contribution in [1.29, 1.82) is 0 Å². The number of hydrogen-bond acceptors (Lipinski definition) is 5. The van der Waals surface area contributed by atoms with E-state index in [1.807, 2.05) is 27.2 Å². The fourth-order valence-corrected chi connectivity index (χ4v) is 5.59. The molecule has 1 amide bonds. The van der Waals surface area contributed by atoms with Gasteiger partial charge in [0.05, 0.1) is 39.9 Å². The lowest BCUT2D eigenvalue weighted by Gasteiger charge is -2.25. The van der Waals surface area contributed by atoms with Crippen LogP contribution in [-0.2, 0) is 18.4 Å². The van der Waals surface area contributed by atoms with Gasteiger partial charge in [0.15, 0.2) is 0 Å². The predicted octanol–water partition coefficient (Wildman–Crippen LogP) is 10.8. The number of phosphoric acid groups is 1. The van der Waals surface area contributed by atoms with Gasteiger partial charge in [-0.2, -0.15) is 0 Å². The first-order valence-electron chi connectivity index (χ1n) is 20.1. The topological polar surface area (TPSA) is 105 Å². The molecule has 0 saturated heterocycles. The molecule has 9 heteroatoms. The Bertz CT molecular complexity index is 1180. The highest BCUT2D eigenvalue weighted by atomic mass is 31.2. The lowest BCUT2D eigenvalue weighted by atomic mass is 10.1. The Morgan fingerprint density at radius 1 is 0.660 bits per heavy atom. The zero-order valence-corrected chi connectivity index (χ0v) is 34.9. The maximum atomic E-state index is 12.8. The molecular formula is C44H76N2O6P+. The van der Waals surface area contributed by atoms with Gasteiger partial charge in [-0.1, -0.05) is 143 Å². The van der Waals surface area contributed by atoms with Crippen molar-refractivity contribution < 1.29 is 32.9 Å². The second kappa shape index (κ2) is 35.1. The van der Waals surface area contributed by atoms with Crippen LogP contribution in [0.2, 0.25) is 0 Å². The Balaban J connectivity index is 4.49. The molecule has 302 valence electrons. The quantitative estimate of drug-likeness (QED) is 0.0261. The molecule has 0 radical (unpaired) electrons. The minimum Gasteiger partial charge on any atom is -0.387 e. The highest BCUT2D eigenvalue weighted by Gasteiger charge is 2.27. The summed E-state index contributed by atoms with van der Waals surface area (Å²) in [5, 5.41) is 13.6. The summed E-state index contributed by atoms with van der Waals surface area (Å²) in [7, 11) is 1.51. The molecule has 0 bridgehead atoms. The van der Waals surface area contributed by atoms with Gasteiger partial charge in [-0.15, -0.1) is 0 Å². The minimum absolute atomic E-state index is 0.0443. The number of unbranched alkanes of at least 4 members (excludes halogenated alkanes) is 7. The summed E-state index contributed by atoms with van der Waals surface area (Å²) in [5.74, 6) is -0.244. The summed E-state index contributed by atoms with van der Waals surface area (Å²) in [6.07, 6.45) is 49.2. The first-order valence-corrected chi connectivity index (χ1v) is 21.6. The maximum absolute atomic E-state index is 12.8. The SMILES string of the molecule is CC/C=C\C/C=C\C/C=C\C/C=C\C/C=C\C/C=C\C/C=C\CCCC(=O)NC(COP(=O)(O)OCC[N+](C)(C)C)C(O)/C=C/CCCCCCCC. The van der Waals surface area contributed by atoms with Crippen molar-refractivity contribution in [3.05, 3.63) is 97.2 Å². The molecule has 0 aliphatic carbocycles. The van der Waals surface area contributed by atoms with Crippen LogP contribution < -0.4 is 5.32 Å². The highest BCUT2D eigenvalue weighted by Crippen LogP contribution is 2.43. The number of amides is 1. The Labute approximate surface area is 324 Å². The smallest absolute Gasteiger partial charge is 0.387 e. The number of allylic oxidation sites excluding steroid dienone is 15. The molecule has 3 unspecified atom stereocenters. The van der Waals surface area contributed by atoms with Crippen molar-refractivity contribution in [3.8, 4) is 0 Å². The summed E-state index contributed by atoms with van der Waals surface area (Å²) >= 11 is 0. The average molecular weight is 760 g/mol. The molecule has 0 aliphatic heterocycles. The van der Waals surface area contributed by atoms with Crippen molar-refractivity contribution in [2.45, 2.75) is 135 Å². The van der Waals surface area contributed by atoms with E-state index in [4.69, 9.17) is 9.05 Å². The molecule has 0 aromatic carbocycles. The molecule has 0 aliphatic rings. The lowest BCUT2D eigenvalue weighted by molar-refractivity contribution is -0.870. The third-order valence-corrected chi connectivity index (χ3v) is 9.04. The monoisotopic (exact) mass is 760 g/mol. The highest BCUT2D eigenvalue weighted by molar-refractivity contribution is 7.47. The van der Waals surface area contributed by atoms with Gasteiger partial charge >= 0.3 is 7.82 Å². The zero-order valence-electron chi connectivity index (χ0n) is 34.0. The van der Waals surface area contributed by atoms with Crippen molar-refractivity contribution >= 4 is 13.7 Å². The van der Waals surface area contributed by atoms with E-state index >= 15 is 0 Å². The van der Waals surface area contributed by atoms with E-state index in [0.29, 0.717) is 17.4 Å². The normalized spacial score (nSPS) is 15.5. The van der Waals surface area contributed by atoms with Crippen LogP contribution in [0.3, 0.4) is 0 Å². The third kappa shape index (κ3) is 37.5. The van der Waals surface area contributed by atoms with Crippen molar-refractivity contribution in [2.24, 2.45) is 0 Å². The average Bonchev–Trinajstić information content (AvgIpc) is 3.10. The van der Waals surface area contributed by atoms with E-state index < -0.39 is 20.0 Å². The molecule has 0 fully saturated rings. The molecule has 0 rings (SSSR count). The second-order valence-corrected chi connectivity index (χ2v) is 15.7. The number of hydrogen-bond donors (Lipinski definition) is 3. The van der Waals surface area contributed by atoms with E-state index in [1.165, 1.54) is 25.7 Å². The standard InChI is InChI=1S/C44H75N2O6P/c1-6-8-10-12-14-16-17-18-19-20-21-22-23-24-25-26-27-28-29-30-32-34-36-38-44(48)45-42(41-52-53(49,50)51-40-39-46(3,4)5)43(47)37-35-33-31-15-13-11-9-7-2/h8,10,14,16,18-19,21-22,24-25,27-28,30,32,35,37,42-43,47H,6-7,9,11-13,15,17,20,23,26,29,31,33-34,36,38-41H2,1-5H3,(H-,45,48,49,50)/p+1/b10-8-,16-14-,19-18-,22-21-,25-24-,28-27-,32-30-,37-35+. The third-order valence-electron chi connectivity index (χ3n) is 8.06. The molecule has 0 aromatic rings. The van der Waals surface area contributed by atoms with E-state index in [9.17, 15) is 19.4 Å². The van der Waals surface area contributed by atoms with Crippen LogP contribution >= 0.6 is 7.82 Å². The largest absolute Gasteiger partial charge is 0.472 e. The van der Waals surface area contributed by atoms with Gasteiger partial charge in [-0.05, 0) is 70.6 Å². The van der Waals surface area contributed by atoms with Crippen LogP contribution in [0.15, 0.2) is 97.2 Å². The molecule has 0 saturated carbocycles.